The van der Waals surface area contributed by atoms with E-state index in [1.165, 1.54) is 12.1 Å². The van der Waals surface area contributed by atoms with Crippen LogP contribution in [0.1, 0.15) is 65.9 Å². The molecule has 0 radical (unpaired) electrons. The maximum atomic E-state index is 13.1. The molecule has 0 aliphatic heterocycles. The molecule has 0 spiro atoms. The van der Waals surface area contributed by atoms with Crippen LogP contribution in [0, 0.1) is 17.0 Å². The van der Waals surface area contributed by atoms with Gasteiger partial charge < -0.3 is 9.67 Å². The SMILES string of the molecule is Cc1ccc(S(=O)(=O)NCc2cc(C(O)CCc3cccc([N+](=O)[O-])c3)c(C(C)C)n2Cc2ccccc2)cc1. The second-order valence-corrected chi connectivity index (χ2v) is 12.1. The number of aliphatic hydroxyl groups is 1. The summed E-state index contributed by atoms with van der Waals surface area (Å²) in [6.07, 6.45) is -0.00846. The highest BCUT2D eigenvalue weighted by atomic mass is 32.2. The van der Waals surface area contributed by atoms with E-state index in [2.05, 4.69) is 9.29 Å². The largest absolute Gasteiger partial charge is 0.388 e. The van der Waals surface area contributed by atoms with Crippen molar-refractivity contribution in [3.63, 3.8) is 0 Å². The Kier molecular flexibility index (Phi) is 9.19. The predicted molar refractivity (Wildman–Crippen MR) is 156 cm³/mol. The molecule has 0 aliphatic rings. The third-order valence-electron chi connectivity index (χ3n) is 6.95. The number of non-ortho nitro benzene ring substituents is 1. The molecule has 0 aliphatic carbocycles. The smallest absolute Gasteiger partial charge is 0.269 e. The van der Waals surface area contributed by atoms with Gasteiger partial charge in [-0.15, -0.1) is 0 Å². The van der Waals surface area contributed by atoms with Crippen molar-refractivity contribution in [3.8, 4) is 0 Å². The Balaban J connectivity index is 1.65. The highest BCUT2D eigenvalue weighted by Gasteiger charge is 2.24. The average molecular weight is 562 g/mol. The van der Waals surface area contributed by atoms with E-state index in [0.717, 1.165) is 33.6 Å². The molecule has 0 bridgehead atoms. The molecule has 0 saturated heterocycles. The van der Waals surface area contributed by atoms with Crippen LogP contribution in [0.5, 0.6) is 0 Å². The topological polar surface area (TPSA) is 114 Å². The first-order chi connectivity index (χ1) is 19.0. The van der Waals surface area contributed by atoms with Crippen molar-refractivity contribution in [1.82, 2.24) is 9.29 Å². The number of benzene rings is 3. The fourth-order valence-corrected chi connectivity index (χ4v) is 5.91. The summed E-state index contributed by atoms with van der Waals surface area (Å²) in [6, 6.07) is 24.9. The number of nitrogens with one attached hydrogen (secondary N) is 1. The second kappa shape index (κ2) is 12.6. The lowest BCUT2D eigenvalue weighted by Gasteiger charge is -2.19. The van der Waals surface area contributed by atoms with Crippen molar-refractivity contribution < 1.29 is 18.4 Å². The van der Waals surface area contributed by atoms with Gasteiger partial charge in [-0.1, -0.05) is 74.0 Å². The van der Waals surface area contributed by atoms with E-state index in [9.17, 15) is 23.6 Å². The van der Waals surface area contributed by atoms with E-state index in [-0.39, 0.29) is 23.0 Å². The van der Waals surface area contributed by atoms with Crippen molar-refractivity contribution in [1.29, 1.82) is 0 Å². The monoisotopic (exact) mass is 561 g/mol. The summed E-state index contributed by atoms with van der Waals surface area (Å²) in [5.41, 5.74) is 5.23. The van der Waals surface area contributed by atoms with Crippen molar-refractivity contribution in [2.75, 3.05) is 0 Å². The molecule has 4 rings (SSSR count). The second-order valence-electron chi connectivity index (χ2n) is 10.3. The number of rotatable bonds is 12. The van der Waals surface area contributed by atoms with Gasteiger partial charge in [-0.2, -0.15) is 0 Å². The van der Waals surface area contributed by atoms with Gasteiger partial charge in [-0.05, 0) is 55.0 Å². The van der Waals surface area contributed by atoms with Crippen LogP contribution in [0.2, 0.25) is 0 Å². The molecule has 9 heteroatoms. The summed E-state index contributed by atoms with van der Waals surface area (Å²) < 4.78 is 30.9. The number of sulfonamides is 1. The van der Waals surface area contributed by atoms with E-state index in [0.29, 0.717) is 19.4 Å². The molecule has 40 heavy (non-hydrogen) atoms. The van der Waals surface area contributed by atoms with Crippen molar-refractivity contribution >= 4 is 15.7 Å². The normalized spacial score (nSPS) is 12.5. The molecule has 3 aromatic carbocycles. The lowest BCUT2D eigenvalue weighted by molar-refractivity contribution is -0.384. The minimum atomic E-state index is -3.75. The summed E-state index contributed by atoms with van der Waals surface area (Å²) in [4.78, 5) is 10.9. The molecule has 0 saturated carbocycles. The molecular formula is C31H35N3O5S. The van der Waals surface area contributed by atoms with Crippen molar-refractivity contribution in [2.24, 2.45) is 0 Å². The highest BCUT2D eigenvalue weighted by molar-refractivity contribution is 7.89. The van der Waals surface area contributed by atoms with Crippen LogP contribution < -0.4 is 4.72 Å². The van der Waals surface area contributed by atoms with Gasteiger partial charge in [0.1, 0.15) is 0 Å². The first kappa shape index (κ1) is 29.2. The minimum Gasteiger partial charge on any atom is -0.388 e. The lowest BCUT2D eigenvalue weighted by Crippen LogP contribution is -2.25. The maximum Gasteiger partial charge on any atom is 0.269 e. The van der Waals surface area contributed by atoms with Crippen LogP contribution in [0.3, 0.4) is 0 Å². The number of hydrogen-bond acceptors (Lipinski definition) is 5. The van der Waals surface area contributed by atoms with E-state index >= 15 is 0 Å². The molecule has 1 unspecified atom stereocenters. The molecule has 1 atom stereocenters. The Labute approximate surface area is 235 Å². The Morgan fingerprint density at radius 3 is 2.27 bits per heavy atom. The third-order valence-corrected chi connectivity index (χ3v) is 8.36. The number of nitro groups is 1. The summed E-state index contributed by atoms with van der Waals surface area (Å²) >= 11 is 0. The first-order valence-electron chi connectivity index (χ1n) is 13.3. The molecule has 8 nitrogen and oxygen atoms in total. The van der Waals surface area contributed by atoms with Crippen LogP contribution in [-0.4, -0.2) is 23.0 Å². The molecule has 1 heterocycles. The van der Waals surface area contributed by atoms with E-state index in [1.54, 1.807) is 30.3 Å². The zero-order chi connectivity index (χ0) is 28.9. The Hall–Kier alpha value is -3.79. The van der Waals surface area contributed by atoms with Crippen molar-refractivity contribution in [2.45, 2.75) is 63.6 Å². The summed E-state index contributed by atoms with van der Waals surface area (Å²) in [5.74, 6) is 0.0497. The lowest BCUT2D eigenvalue weighted by atomic mass is 9.97. The fourth-order valence-electron chi connectivity index (χ4n) is 4.91. The number of aliphatic hydroxyl groups excluding tert-OH is 1. The first-order valence-corrected chi connectivity index (χ1v) is 14.8. The number of aryl methyl sites for hydroxylation is 2. The van der Waals surface area contributed by atoms with Gasteiger partial charge in [-0.3, -0.25) is 10.1 Å². The Morgan fingerprint density at radius 2 is 1.62 bits per heavy atom. The summed E-state index contributed by atoms with van der Waals surface area (Å²) in [6.45, 7) is 6.58. The molecular weight excluding hydrogens is 526 g/mol. The Morgan fingerprint density at radius 1 is 0.950 bits per heavy atom. The van der Waals surface area contributed by atoms with E-state index in [4.69, 9.17) is 0 Å². The Bertz CT molecular complexity index is 1560. The van der Waals surface area contributed by atoms with E-state index in [1.807, 2.05) is 63.2 Å². The molecule has 1 aromatic heterocycles. The van der Waals surface area contributed by atoms with Gasteiger partial charge in [0.15, 0.2) is 0 Å². The summed E-state index contributed by atoms with van der Waals surface area (Å²) in [7, 11) is -3.75. The molecule has 2 N–H and O–H groups in total. The van der Waals surface area contributed by atoms with Crippen LogP contribution in [-0.2, 0) is 29.5 Å². The third kappa shape index (κ3) is 7.04. The van der Waals surface area contributed by atoms with Crippen LogP contribution >= 0.6 is 0 Å². The predicted octanol–water partition coefficient (Wildman–Crippen LogP) is 6.02. The van der Waals surface area contributed by atoms with Gasteiger partial charge in [0.25, 0.3) is 5.69 Å². The van der Waals surface area contributed by atoms with Crippen LogP contribution in [0.25, 0.3) is 0 Å². The number of hydrogen-bond donors (Lipinski definition) is 2. The zero-order valence-corrected chi connectivity index (χ0v) is 23.8. The molecule has 210 valence electrons. The fraction of sp³-hybridized carbons (Fsp3) is 0.290. The molecule has 0 amide bonds. The molecule has 0 fully saturated rings. The van der Waals surface area contributed by atoms with Gasteiger partial charge in [-0.25, -0.2) is 13.1 Å². The van der Waals surface area contributed by atoms with Gasteiger partial charge in [0.05, 0.1) is 22.5 Å². The number of aromatic nitrogens is 1. The quantitative estimate of drug-likeness (QED) is 0.162. The zero-order valence-electron chi connectivity index (χ0n) is 22.9. The highest BCUT2D eigenvalue weighted by Crippen LogP contribution is 2.32. The van der Waals surface area contributed by atoms with Gasteiger partial charge >= 0.3 is 0 Å². The van der Waals surface area contributed by atoms with Crippen LogP contribution in [0.15, 0.2) is 89.8 Å². The van der Waals surface area contributed by atoms with Crippen LogP contribution in [0.4, 0.5) is 5.69 Å². The van der Waals surface area contributed by atoms with E-state index < -0.39 is 21.1 Å². The number of nitro benzene ring substituents is 1. The average Bonchev–Trinajstić information content (AvgIpc) is 3.30. The van der Waals surface area contributed by atoms with Gasteiger partial charge in [0, 0.05) is 35.6 Å². The standard InChI is InChI=1S/C31H35N3O5S/c1-22(2)31-29(30(35)17-14-24-10-7-11-26(18-24)34(36)37)19-27(33(31)21-25-8-5-4-6-9-25)20-32-40(38,39)28-15-12-23(3)13-16-28/h4-13,15-16,18-19,22,30,32,35H,14,17,20-21H2,1-3H3. The minimum absolute atomic E-state index is 0.0204. The number of nitrogens with zero attached hydrogens (tertiary/aromatic N) is 2. The molecule has 4 aromatic rings. The van der Waals surface area contributed by atoms with Gasteiger partial charge in [0.2, 0.25) is 10.0 Å². The van der Waals surface area contributed by atoms with Crippen molar-refractivity contribution in [3.05, 3.63) is 129 Å². The maximum absolute atomic E-state index is 13.1. The summed E-state index contributed by atoms with van der Waals surface area (Å²) in [5, 5.41) is 22.5.